The van der Waals surface area contributed by atoms with Crippen molar-refractivity contribution in [3.05, 3.63) is 95.0 Å². The van der Waals surface area contributed by atoms with Crippen LogP contribution in [0.15, 0.2) is 78.9 Å². The quantitative estimate of drug-likeness (QED) is 0.274. The standard InChI is InChI=1S/C30H32ClN3O3/c1-2-3-20-37-26-11-7-10-24(21-26)30(36)32-27-22-25(31)13-14-28(27)33-16-18-34(19-17-33)29(35)15-12-23-8-5-4-6-9-23/h4-15,21-22H,2-3,16-20H2,1H3,(H,32,36)/b15-12+. The maximum Gasteiger partial charge on any atom is 0.255 e. The smallest absolute Gasteiger partial charge is 0.255 e. The molecule has 3 aromatic carbocycles. The number of ether oxygens (including phenoxy) is 1. The fourth-order valence-corrected chi connectivity index (χ4v) is 4.32. The number of benzene rings is 3. The van der Waals surface area contributed by atoms with Crippen molar-refractivity contribution >= 4 is 40.9 Å². The number of unbranched alkanes of at least 4 members (excludes halogenated alkanes) is 1. The van der Waals surface area contributed by atoms with E-state index in [1.165, 1.54) is 0 Å². The number of piperazine rings is 1. The van der Waals surface area contributed by atoms with Gasteiger partial charge in [-0.15, -0.1) is 0 Å². The molecule has 4 rings (SSSR count). The van der Waals surface area contributed by atoms with Gasteiger partial charge in [0, 0.05) is 42.8 Å². The molecule has 1 aliphatic rings. The number of hydrogen-bond donors (Lipinski definition) is 1. The summed E-state index contributed by atoms with van der Waals surface area (Å²) in [5, 5.41) is 3.56. The lowest BCUT2D eigenvalue weighted by molar-refractivity contribution is -0.126. The average Bonchev–Trinajstić information content (AvgIpc) is 2.93. The summed E-state index contributed by atoms with van der Waals surface area (Å²) >= 11 is 6.28. The zero-order valence-electron chi connectivity index (χ0n) is 21.0. The molecule has 0 aliphatic carbocycles. The topological polar surface area (TPSA) is 61.9 Å². The molecule has 1 N–H and O–H groups in total. The molecule has 37 heavy (non-hydrogen) atoms. The van der Waals surface area contributed by atoms with Crippen molar-refractivity contribution < 1.29 is 14.3 Å². The van der Waals surface area contributed by atoms with Gasteiger partial charge in [0.1, 0.15) is 5.75 Å². The summed E-state index contributed by atoms with van der Waals surface area (Å²) < 4.78 is 5.75. The third-order valence-electron chi connectivity index (χ3n) is 6.22. The van der Waals surface area contributed by atoms with Crippen LogP contribution in [0.1, 0.15) is 35.7 Å². The van der Waals surface area contributed by atoms with Crippen LogP contribution >= 0.6 is 11.6 Å². The molecule has 0 spiro atoms. The number of anilines is 2. The van der Waals surface area contributed by atoms with Gasteiger partial charge in [-0.25, -0.2) is 0 Å². The molecule has 1 saturated heterocycles. The monoisotopic (exact) mass is 517 g/mol. The average molecular weight is 518 g/mol. The molecule has 0 aromatic heterocycles. The van der Waals surface area contributed by atoms with E-state index >= 15 is 0 Å². The maximum absolute atomic E-state index is 13.1. The van der Waals surface area contributed by atoms with Crippen molar-refractivity contribution in [2.75, 3.05) is 43.0 Å². The first-order valence-electron chi connectivity index (χ1n) is 12.6. The maximum atomic E-state index is 13.1. The molecular weight excluding hydrogens is 486 g/mol. The number of halogens is 1. The normalized spacial score (nSPS) is 13.6. The van der Waals surface area contributed by atoms with Crippen LogP contribution in [-0.2, 0) is 4.79 Å². The summed E-state index contributed by atoms with van der Waals surface area (Å²) in [6, 6.07) is 22.5. The van der Waals surface area contributed by atoms with Gasteiger partial charge >= 0.3 is 0 Å². The lowest BCUT2D eigenvalue weighted by atomic mass is 10.1. The van der Waals surface area contributed by atoms with Crippen molar-refractivity contribution in [3.8, 4) is 5.75 Å². The second-order valence-electron chi connectivity index (χ2n) is 8.90. The SMILES string of the molecule is CCCCOc1cccc(C(=O)Nc2cc(Cl)ccc2N2CCN(C(=O)/C=C/c3ccccc3)CC2)c1. The van der Waals surface area contributed by atoms with Gasteiger partial charge in [0.2, 0.25) is 5.91 Å². The van der Waals surface area contributed by atoms with Crippen LogP contribution in [0, 0.1) is 0 Å². The minimum atomic E-state index is -0.232. The highest BCUT2D eigenvalue weighted by Gasteiger charge is 2.22. The highest BCUT2D eigenvalue weighted by molar-refractivity contribution is 6.31. The number of carbonyl (C=O) groups is 2. The number of nitrogens with zero attached hydrogens (tertiary/aromatic N) is 2. The fraction of sp³-hybridized carbons (Fsp3) is 0.267. The molecule has 0 atom stereocenters. The molecule has 192 valence electrons. The number of nitrogens with one attached hydrogen (secondary N) is 1. The molecule has 7 heteroatoms. The number of hydrogen-bond acceptors (Lipinski definition) is 4. The van der Waals surface area contributed by atoms with Crippen molar-refractivity contribution in [2.24, 2.45) is 0 Å². The number of amides is 2. The Morgan fingerprint density at radius 3 is 2.51 bits per heavy atom. The van der Waals surface area contributed by atoms with Crippen molar-refractivity contribution in [1.29, 1.82) is 0 Å². The van der Waals surface area contributed by atoms with Gasteiger partial charge in [-0.3, -0.25) is 9.59 Å². The summed E-state index contributed by atoms with van der Waals surface area (Å²) in [7, 11) is 0. The van der Waals surface area contributed by atoms with Crippen molar-refractivity contribution in [2.45, 2.75) is 19.8 Å². The summed E-state index contributed by atoms with van der Waals surface area (Å²) in [6.45, 7) is 5.20. The molecule has 6 nitrogen and oxygen atoms in total. The van der Waals surface area contributed by atoms with Crippen LogP contribution in [0.3, 0.4) is 0 Å². The Bertz CT molecular complexity index is 1240. The van der Waals surface area contributed by atoms with E-state index in [0.717, 1.165) is 24.1 Å². The van der Waals surface area contributed by atoms with Crippen molar-refractivity contribution in [3.63, 3.8) is 0 Å². The Kier molecular flexibility index (Phi) is 9.22. The Morgan fingerprint density at radius 1 is 0.973 bits per heavy atom. The van der Waals surface area contributed by atoms with Crippen LogP contribution in [0.5, 0.6) is 5.75 Å². The van der Waals surface area contributed by atoms with Gasteiger partial charge in [0.15, 0.2) is 0 Å². The molecular formula is C30H32ClN3O3. The lowest BCUT2D eigenvalue weighted by Crippen LogP contribution is -2.48. The predicted molar refractivity (Wildman–Crippen MR) is 151 cm³/mol. The minimum absolute atomic E-state index is 0.00540. The zero-order valence-corrected chi connectivity index (χ0v) is 21.8. The molecule has 0 unspecified atom stereocenters. The van der Waals surface area contributed by atoms with Crippen LogP contribution in [0.2, 0.25) is 5.02 Å². The summed E-state index contributed by atoms with van der Waals surface area (Å²) in [4.78, 5) is 29.8. The van der Waals surface area contributed by atoms with Gasteiger partial charge in [-0.05, 0) is 54.5 Å². The first kappa shape index (κ1) is 26.3. The molecule has 1 fully saturated rings. The second-order valence-corrected chi connectivity index (χ2v) is 9.34. The molecule has 1 heterocycles. The van der Waals surface area contributed by atoms with E-state index < -0.39 is 0 Å². The minimum Gasteiger partial charge on any atom is -0.494 e. The van der Waals surface area contributed by atoms with Gasteiger partial charge in [-0.2, -0.15) is 0 Å². The highest BCUT2D eigenvalue weighted by atomic mass is 35.5. The number of rotatable bonds is 9. The molecule has 2 amide bonds. The fourth-order valence-electron chi connectivity index (χ4n) is 4.14. The van der Waals surface area contributed by atoms with Gasteiger partial charge in [-0.1, -0.05) is 61.3 Å². The van der Waals surface area contributed by atoms with Crippen LogP contribution < -0.4 is 15.0 Å². The van der Waals surface area contributed by atoms with E-state index in [1.807, 2.05) is 65.6 Å². The predicted octanol–water partition coefficient (Wildman–Crippen LogP) is 6.13. The van der Waals surface area contributed by atoms with Crippen molar-refractivity contribution in [1.82, 2.24) is 4.90 Å². The molecule has 0 saturated carbocycles. The number of carbonyl (C=O) groups excluding carboxylic acids is 2. The van der Waals surface area contributed by atoms with E-state index in [2.05, 4.69) is 17.1 Å². The molecule has 0 bridgehead atoms. The second kappa shape index (κ2) is 13.0. The van der Waals surface area contributed by atoms with E-state index in [9.17, 15) is 9.59 Å². The Labute approximate surface area is 223 Å². The highest BCUT2D eigenvalue weighted by Crippen LogP contribution is 2.31. The molecule has 0 radical (unpaired) electrons. The van der Waals surface area contributed by atoms with Gasteiger partial charge in [0.05, 0.1) is 18.0 Å². The Morgan fingerprint density at radius 2 is 1.76 bits per heavy atom. The molecule has 3 aromatic rings. The van der Waals surface area contributed by atoms with Crippen LogP contribution in [0.4, 0.5) is 11.4 Å². The van der Waals surface area contributed by atoms with E-state index in [-0.39, 0.29) is 11.8 Å². The van der Waals surface area contributed by atoms with Gasteiger partial charge < -0.3 is 19.9 Å². The van der Waals surface area contributed by atoms with Crippen LogP contribution in [0.25, 0.3) is 6.08 Å². The van der Waals surface area contributed by atoms with Gasteiger partial charge in [0.25, 0.3) is 5.91 Å². The summed E-state index contributed by atoms with van der Waals surface area (Å²) in [5.41, 5.74) is 3.02. The largest absolute Gasteiger partial charge is 0.494 e. The van der Waals surface area contributed by atoms with E-state index in [0.29, 0.717) is 54.8 Å². The zero-order chi connectivity index (χ0) is 26.0. The third-order valence-corrected chi connectivity index (χ3v) is 6.45. The van der Waals surface area contributed by atoms with E-state index in [1.54, 1.807) is 24.3 Å². The summed E-state index contributed by atoms with van der Waals surface area (Å²) in [6.07, 6.45) is 5.47. The summed E-state index contributed by atoms with van der Waals surface area (Å²) in [5.74, 6) is 0.438. The lowest BCUT2D eigenvalue weighted by Gasteiger charge is -2.36. The Hall–Kier alpha value is -3.77. The molecule has 1 aliphatic heterocycles. The first-order chi connectivity index (χ1) is 18.0. The third kappa shape index (κ3) is 7.37. The van der Waals surface area contributed by atoms with E-state index in [4.69, 9.17) is 16.3 Å². The first-order valence-corrected chi connectivity index (χ1v) is 13.0. The van der Waals surface area contributed by atoms with Crippen LogP contribution in [-0.4, -0.2) is 49.5 Å². The Balaban J connectivity index is 1.40.